The normalized spacial score (nSPS) is 12.5. The Hall–Kier alpha value is -1.40. The zero-order chi connectivity index (χ0) is 10.4. The van der Waals surface area contributed by atoms with Crippen LogP contribution in [0.5, 0.6) is 0 Å². The highest BCUT2D eigenvalue weighted by atomic mass is 16.5. The lowest BCUT2D eigenvalue weighted by Crippen LogP contribution is -2.45. The number of hydrogen-bond acceptors (Lipinski definition) is 4. The molecule has 6 heteroatoms. The molecule has 0 fully saturated rings. The van der Waals surface area contributed by atoms with Gasteiger partial charge in [-0.05, 0) is 0 Å². The van der Waals surface area contributed by atoms with E-state index in [2.05, 4.69) is 6.58 Å². The van der Waals surface area contributed by atoms with E-state index in [4.69, 9.17) is 11.5 Å². The van der Waals surface area contributed by atoms with E-state index in [1.54, 1.807) is 0 Å². The van der Waals surface area contributed by atoms with Crippen molar-refractivity contribution in [1.29, 1.82) is 0 Å². The maximum Gasteiger partial charge on any atom is 0.237 e. The summed E-state index contributed by atoms with van der Waals surface area (Å²) in [5, 5.41) is 9.81. The van der Waals surface area contributed by atoms with Crippen molar-refractivity contribution in [3.63, 3.8) is 0 Å². The van der Waals surface area contributed by atoms with E-state index in [0.29, 0.717) is 5.06 Å². The molecule has 0 radical (unpaired) electrons. The van der Waals surface area contributed by atoms with Crippen LogP contribution in [0, 0.1) is 0 Å². The van der Waals surface area contributed by atoms with Crippen LogP contribution in [-0.4, -0.2) is 34.7 Å². The van der Waals surface area contributed by atoms with Crippen LogP contribution in [0.3, 0.4) is 0 Å². The third-order valence-corrected chi connectivity index (χ3v) is 1.40. The molecule has 2 amide bonds. The summed E-state index contributed by atoms with van der Waals surface area (Å²) in [6.45, 7) is 3.39. The summed E-state index contributed by atoms with van der Waals surface area (Å²) in [6.07, 6.45) is 1.07. The van der Waals surface area contributed by atoms with Crippen molar-refractivity contribution in [2.24, 2.45) is 11.5 Å². The molecular formula is C7H13N3O3. The summed E-state index contributed by atoms with van der Waals surface area (Å²) in [7, 11) is 0. The molecule has 0 aromatic rings. The fourth-order valence-electron chi connectivity index (χ4n) is 0.803. The molecule has 0 heterocycles. The van der Waals surface area contributed by atoms with Crippen molar-refractivity contribution in [3.05, 3.63) is 12.7 Å². The standard InChI is InChI=1S/C7H13N3O3/c1-2-3-10(13)5(7(9)12)4-6(8)11/h2,5,13H,1,3-4H2,(H2,8,11)(H2,9,12). The molecule has 0 aliphatic heterocycles. The quantitative estimate of drug-likeness (QED) is 0.350. The molecule has 0 rings (SSSR count). The molecule has 1 atom stereocenters. The lowest BCUT2D eigenvalue weighted by atomic mass is 10.2. The van der Waals surface area contributed by atoms with Gasteiger partial charge in [0.15, 0.2) is 0 Å². The molecular weight excluding hydrogens is 174 g/mol. The van der Waals surface area contributed by atoms with Crippen molar-refractivity contribution in [2.75, 3.05) is 6.54 Å². The van der Waals surface area contributed by atoms with Gasteiger partial charge in [-0.25, -0.2) is 0 Å². The number of hydroxylamine groups is 2. The van der Waals surface area contributed by atoms with Gasteiger partial charge in [0.05, 0.1) is 6.42 Å². The molecule has 1 unspecified atom stereocenters. The molecule has 5 N–H and O–H groups in total. The first-order valence-corrected chi connectivity index (χ1v) is 3.63. The van der Waals surface area contributed by atoms with Crippen molar-refractivity contribution in [2.45, 2.75) is 12.5 Å². The Morgan fingerprint density at radius 3 is 2.38 bits per heavy atom. The Balaban J connectivity index is 4.31. The molecule has 0 saturated carbocycles. The molecule has 0 spiro atoms. The third kappa shape index (κ3) is 4.24. The van der Waals surface area contributed by atoms with Gasteiger partial charge in [-0.2, -0.15) is 5.06 Å². The molecule has 13 heavy (non-hydrogen) atoms. The Kier molecular flexibility index (Phi) is 4.71. The Bertz CT molecular complexity index is 217. The average Bonchev–Trinajstić information content (AvgIpc) is 1.99. The van der Waals surface area contributed by atoms with E-state index >= 15 is 0 Å². The van der Waals surface area contributed by atoms with E-state index < -0.39 is 17.9 Å². The van der Waals surface area contributed by atoms with E-state index in [1.165, 1.54) is 6.08 Å². The van der Waals surface area contributed by atoms with Crippen LogP contribution >= 0.6 is 0 Å². The number of amides is 2. The minimum atomic E-state index is -1.09. The lowest BCUT2D eigenvalue weighted by molar-refractivity contribution is -0.153. The number of rotatable bonds is 6. The van der Waals surface area contributed by atoms with Crippen molar-refractivity contribution in [3.8, 4) is 0 Å². The predicted octanol–water partition coefficient (Wildman–Crippen LogP) is -1.41. The van der Waals surface area contributed by atoms with Gasteiger partial charge in [-0.3, -0.25) is 9.59 Å². The third-order valence-electron chi connectivity index (χ3n) is 1.40. The van der Waals surface area contributed by atoms with E-state index in [0.717, 1.165) is 0 Å². The number of nitrogens with two attached hydrogens (primary N) is 2. The molecule has 0 aliphatic carbocycles. The molecule has 0 saturated heterocycles. The summed E-state index contributed by atoms with van der Waals surface area (Å²) in [4.78, 5) is 21.2. The van der Waals surface area contributed by atoms with E-state index in [9.17, 15) is 14.8 Å². The zero-order valence-corrected chi connectivity index (χ0v) is 7.14. The molecule has 0 aliphatic rings. The highest BCUT2D eigenvalue weighted by Gasteiger charge is 2.23. The molecule has 0 aromatic carbocycles. The van der Waals surface area contributed by atoms with Gasteiger partial charge in [0.2, 0.25) is 11.8 Å². The second kappa shape index (κ2) is 5.28. The largest absolute Gasteiger partial charge is 0.370 e. The van der Waals surface area contributed by atoms with E-state index in [-0.39, 0.29) is 13.0 Å². The number of primary amides is 2. The van der Waals surface area contributed by atoms with Gasteiger partial charge >= 0.3 is 0 Å². The lowest BCUT2D eigenvalue weighted by Gasteiger charge is -2.20. The second-order valence-corrected chi connectivity index (χ2v) is 2.50. The number of carbonyl (C=O) groups excluding carboxylic acids is 2. The first-order valence-electron chi connectivity index (χ1n) is 3.63. The first-order chi connectivity index (χ1) is 5.99. The van der Waals surface area contributed by atoms with Gasteiger partial charge in [0.25, 0.3) is 0 Å². The SMILES string of the molecule is C=CCN(O)C(CC(N)=O)C(N)=O. The zero-order valence-electron chi connectivity index (χ0n) is 7.14. The van der Waals surface area contributed by atoms with Crippen LogP contribution in [-0.2, 0) is 9.59 Å². The second-order valence-electron chi connectivity index (χ2n) is 2.50. The fourth-order valence-corrected chi connectivity index (χ4v) is 0.803. The van der Waals surface area contributed by atoms with E-state index in [1.807, 2.05) is 0 Å². The van der Waals surface area contributed by atoms with Gasteiger partial charge in [-0.15, -0.1) is 6.58 Å². The van der Waals surface area contributed by atoms with Gasteiger partial charge in [0.1, 0.15) is 6.04 Å². The minimum Gasteiger partial charge on any atom is -0.370 e. The molecule has 0 aromatic heterocycles. The van der Waals surface area contributed by atoms with Gasteiger partial charge < -0.3 is 16.7 Å². The fraction of sp³-hybridized carbons (Fsp3) is 0.429. The average molecular weight is 187 g/mol. The molecule has 74 valence electrons. The number of nitrogens with zero attached hydrogens (tertiary/aromatic N) is 1. The predicted molar refractivity (Wildman–Crippen MR) is 45.5 cm³/mol. The Morgan fingerprint density at radius 2 is 2.08 bits per heavy atom. The first kappa shape index (κ1) is 11.6. The minimum absolute atomic E-state index is 0.0425. The maximum atomic E-state index is 10.7. The topological polar surface area (TPSA) is 110 Å². The van der Waals surface area contributed by atoms with Crippen LogP contribution in [0.15, 0.2) is 12.7 Å². The highest BCUT2D eigenvalue weighted by molar-refractivity contribution is 5.86. The number of carbonyl (C=O) groups is 2. The molecule has 6 nitrogen and oxygen atoms in total. The van der Waals surface area contributed by atoms with Gasteiger partial charge in [-0.1, -0.05) is 6.08 Å². The molecule has 0 bridgehead atoms. The summed E-state index contributed by atoms with van der Waals surface area (Å²) < 4.78 is 0. The smallest absolute Gasteiger partial charge is 0.237 e. The maximum absolute atomic E-state index is 10.7. The van der Waals surface area contributed by atoms with Crippen molar-refractivity contribution < 1.29 is 14.8 Å². The van der Waals surface area contributed by atoms with Crippen LogP contribution in [0.4, 0.5) is 0 Å². The monoisotopic (exact) mass is 187 g/mol. The number of hydrogen-bond donors (Lipinski definition) is 3. The summed E-state index contributed by atoms with van der Waals surface area (Å²) in [5.41, 5.74) is 9.79. The van der Waals surface area contributed by atoms with Crippen LogP contribution in [0.2, 0.25) is 0 Å². The van der Waals surface area contributed by atoms with Crippen LogP contribution in [0.25, 0.3) is 0 Å². The van der Waals surface area contributed by atoms with Crippen LogP contribution in [0.1, 0.15) is 6.42 Å². The van der Waals surface area contributed by atoms with Crippen LogP contribution < -0.4 is 11.5 Å². The highest BCUT2D eigenvalue weighted by Crippen LogP contribution is 2.00. The van der Waals surface area contributed by atoms with Crippen molar-refractivity contribution in [1.82, 2.24) is 5.06 Å². The summed E-state index contributed by atoms with van der Waals surface area (Å²) in [5.74, 6) is -1.50. The van der Waals surface area contributed by atoms with Crippen molar-refractivity contribution >= 4 is 11.8 Å². The summed E-state index contributed by atoms with van der Waals surface area (Å²) in [6, 6.07) is -1.09. The summed E-state index contributed by atoms with van der Waals surface area (Å²) >= 11 is 0. The van der Waals surface area contributed by atoms with Gasteiger partial charge in [0, 0.05) is 6.54 Å². The Labute approximate surface area is 75.8 Å². The Morgan fingerprint density at radius 1 is 1.54 bits per heavy atom.